The highest BCUT2D eigenvalue weighted by Gasteiger charge is 2.30. The highest BCUT2D eigenvalue weighted by molar-refractivity contribution is 7.89. The van der Waals surface area contributed by atoms with Crippen LogP contribution >= 0.6 is 11.6 Å². The van der Waals surface area contributed by atoms with E-state index in [2.05, 4.69) is 25.4 Å². The predicted octanol–water partition coefficient (Wildman–Crippen LogP) is 5.99. The van der Waals surface area contributed by atoms with Crippen molar-refractivity contribution in [3.05, 3.63) is 105 Å². The van der Waals surface area contributed by atoms with Gasteiger partial charge >= 0.3 is 0 Å². The molecule has 1 aliphatic rings. The van der Waals surface area contributed by atoms with Crippen LogP contribution in [0.5, 0.6) is 5.75 Å². The smallest absolute Gasteiger partial charge is 0.240 e. The number of carbonyl (C=O) groups excluding carboxylic acids is 1. The minimum atomic E-state index is -3.75. The Kier molecular flexibility index (Phi) is 11.7. The Hall–Kier alpha value is -4.89. The molecule has 278 valence electrons. The van der Waals surface area contributed by atoms with Gasteiger partial charge in [0.15, 0.2) is 5.82 Å². The van der Waals surface area contributed by atoms with Crippen molar-refractivity contribution >= 4 is 33.2 Å². The molecule has 53 heavy (non-hydrogen) atoms. The van der Waals surface area contributed by atoms with Crippen LogP contribution in [0.15, 0.2) is 75.1 Å². The highest BCUT2D eigenvalue weighted by Crippen LogP contribution is 2.35. The van der Waals surface area contributed by atoms with Crippen LogP contribution in [0.4, 0.5) is 0 Å². The van der Waals surface area contributed by atoms with Crippen molar-refractivity contribution in [1.82, 2.24) is 30.0 Å². The number of sulfonamides is 1. The normalized spacial score (nSPS) is 13.9. The number of carbonyl (C=O) groups is 1. The van der Waals surface area contributed by atoms with Gasteiger partial charge < -0.3 is 19.3 Å². The van der Waals surface area contributed by atoms with Crippen LogP contribution in [0, 0.1) is 27.7 Å². The number of ether oxygens (including phenoxy) is 2. The van der Waals surface area contributed by atoms with Gasteiger partial charge in [-0.25, -0.2) is 13.1 Å². The van der Waals surface area contributed by atoms with Crippen molar-refractivity contribution in [3.8, 4) is 22.6 Å². The number of aryl methyl sites for hydroxylation is 4. The molecule has 1 atom stereocenters. The molecule has 0 fully saturated rings. The Bertz CT molecular complexity index is 2230. The number of nitrogens with zero attached hydrogens (tertiary/aromatic N) is 5. The molecule has 0 spiro atoms. The quantitative estimate of drug-likeness (QED) is 0.122. The third-order valence-electron chi connectivity index (χ3n) is 8.97. The van der Waals surface area contributed by atoms with Crippen molar-refractivity contribution in [2.75, 3.05) is 33.4 Å². The minimum absolute atomic E-state index is 0.0575. The summed E-state index contributed by atoms with van der Waals surface area (Å²) in [5.41, 5.74) is 6.05. The van der Waals surface area contributed by atoms with Gasteiger partial charge in [0.25, 0.3) is 0 Å². The maximum absolute atomic E-state index is 13.2. The topological polar surface area (TPSA) is 163 Å². The molecule has 0 bridgehead atoms. The third-order valence-corrected chi connectivity index (χ3v) is 10.8. The number of hydrogen-bond acceptors (Lipinski definition) is 10. The van der Waals surface area contributed by atoms with E-state index in [0.717, 1.165) is 27.9 Å². The first-order chi connectivity index (χ1) is 25.5. The van der Waals surface area contributed by atoms with Gasteiger partial charge in [0.2, 0.25) is 15.9 Å². The number of rotatable bonds is 15. The fourth-order valence-electron chi connectivity index (χ4n) is 6.33. The Labute approximate surface area is 313 Å². The number of benzene rings is 3. The fraction of sp³-hybridized carbons (Fsp3) is 0.342. The van der Waals surface area contributed by atoms with Gasteiger partial charge in [0.05, 0.1) is 35.5 Å². The van der Waals surface area contributed by atoms with Crippen LogP contribution in [0.2, 0.25) is 5.02 Å². The third kappa shape index (κ3) is 8.51. The van der Waals surface area contributed by atoms with E-state index in [0.29, 0.717) is 77.8 Å². The molecule has 2 N–H and O–H groups in total. The minimum Gasteiger partial charge on any atom is -0.497 e. The first kappa shape index (κ1) is 37.9. The number of aliphatic imine (C=N–C) groups is 1. The molecule has 0 saturated carbocycles. The van der Waals surface area contributed by atoms with Crippen molar-refractivity contribution in [3.63, 3.8) is 0 Å². The number of hydrogen-bond donors (Lipinski definition) is 2. The first-order valence-electron chi connectivity index (χ1n) is 17.3. The van der Waals surface area contributed by atoms with Gasteiger partial charge in [0.1, 0.15) is 23.4 Å². The Morgan fingerprint density at radius 3 is 2.40 bits per heavy atom. The van der Waals surface area contributed by atoms with Crippen LogP contribution in [0.1, 0.15) is 65.1 Å². The molecule has 2 aromatic heterocycles. The number of nitrogens with one attached hydrogen (secondary N) is 2. The second kappa shape index (κ2) is 16.4. The SMILES string of the molecule is COc1ccc2c(c1)C(c1ccc(Cl)cc1)=N[C@@H](CC(=O)NCCCOCCCNS(=O)(=O)c1cc(-c3c(C)noc3C)ccc1C)c1nnc(C)n1-2. The van der Waals surface area contributed by atoms with Gasteiger partial charge in [0, 0.05) is 48.0 Å². The molecule has 3 aromatic carbocycles. The lowest BCUT2D eigenvalue weighted by Crippen LogP contribution is -2.27. The molecule has 15 heteroatoms. The lowest BCUT2D eigenvalue weighted by atomic mass is 10.00. The lowest BCUT2D eigenvalue weighted by molar-refractivity contribution is -0.121. The van der Waals surface area contributed by atoms with Crippen LogP contribution < -0.4 is 14.8 Å². The van der Waals surface area contributed by atoms with Gasteiger partial charge in [-0.15, -0.1) is 10.2 Å². The second-order valence-electron chi connectivity index (χ2n) is 12.8. The zero-order chi connectivity index (χ0) is 37.7. The van der Waals surface area contributed by atoms with Gasteiger partial charge in [-0.1, -0.05) is 41.0 Å². The molecule has 1 amide bonds. The summed E-state index contributed by atoms with van der Waals surface area (Å²) < 4.78 is 47.4. The predicted molar refractivity (Wildman–Crippen MR) is 201 cm³/mol. The summed E-state index contributed by atoms with van der Waals surface area (Å²) in [6.45, 7) is 8.63. The largest absolute Gasteiger partial charge is 0.497 e. The summed E-state index contributed by atoms with van der Waals surface area (Å²) in [5, 5.41) is 16.3. The molecule has 0 saturated heterocycles. The standard InChI is InChI=1S/C38H42ClN7O6S/c1-23-8-9-28(36-24(2)45-52-25(36)3)20-34(23)53(48,49)41-17-7-19-51-18-6-16-40-35(47)22-32-38-44-43-26(4)46(38)33-15-14-30(50-5)21-31(33)37(42-32)27-10-12-29(39)13-11-27/h8-15,20-21,32,41H,6-7,16-19,22H2,1-5H3,(H,40,47)/t32-/m0/s1. The molecule has 6 rings (SSSR count). The monoisotopic (exact) mass is 759 g/mol. The van der Waals surface area contributed by atoms with Crippen molar-refractivity contribution in [2.24, 2.45) is 4.99 Å². The van der Waals surface area contributed by atoms with E-state index in [1.807, 2.05) is 66.9 Å². The molecule has 1 aliphatic heterocycles. The van der Waals surface area contributed by atoms with Crippen molar-refractivity contribution in [1.29, 1.82) is 0 Å². The van der Waals surface area contributed by atoms with Gasteiger partial charge in [-0.2, -0.15) is 0 Å². The zero-order valence-electron chi connectivity index (χ0n) is 30.3. The van der Waals surface area contributed by atoms with Crippen LogP contribution in [0.25, 0.3) is 16.8 Å². The second-order valence-corrected chi connectivity index (χ2v) is 14.9. The fourth-order valence-corrected chi connectivity index (χ4v) is 7.80. The number of amides is 1. The van der Waals surface area contributed by atoms with Crippen LogP contribution in [-0.4, -0.2) is 73.4 Å². The first-order valence-corrected chi connectivity index (χ1v) is 19.2. The van der Waals surface area contributed by atoms with Crippen molar-refractivity contribution in [2.45, 2.75) is 57.9 Å². The van der Waals surface area contributed by atoms with E-state index in [4.69, 9.17) is 30.6 Å². The Balaban J connectivity index is 1.00. The Morgan fingerprint density at radius 2 is 1.68 bits per heavy atom. The summed E-state index contributed by atoms with van der Waals surface area (Å²) in [4.78, 5) is 18.5. The highest BCUT2D eigenvalue weighted by atomic mass is 35.5. The molecule has 0 radical (unpaired) electrons. The van der Waals surface area contributed by atoms with E-state index >= 15 is 0 Å². The number of aromatic nitrogens is 4. The van der Waals surface area contributed by atoms with E-state index in [1.165, 1.54) is 0 Å². The zero-order valence-corrected chi connectivity index (χ0v) is 31.8. The summed E-state index contributed by atoms with van der Waals surface area (Å²) in [6.07, 6.45) is 1.12. The van der Waals surface area contributed by atoms with E-state index < -0.39 is 16.1 Å². The van der Waals surface area contributed by atoms with Gasteiger partial charge in [-0.05, 0) is 88.1 Å². The molecular formula is C38H42ClN7O6S. The van der Waals surface area contributed by atoms with E-state index in [-0.39, 0.29) is 23.8 Å². The molecular weight excluding hydrogens is 718 g/mol. The average molecular weight is 760 g/mol. The van der Waals surface area contributed by atoms with Gasteiger partial charge in [-0.3, -0.25) is 14.4 Å². The number of fused-ring (bicyclic) bond motifs is 3. The number of methoxy groups -OCH3 is 1. The Morgan fingerprint density at radius 1 is 0.943 bits per heavy atom. The van der Waals surface area contributed by atoms with E-state index in [1.54, 1.807) is 33.1 Å². The van der Waals surface area contributed by atoms with E-state index in [9.17, 15) is 13.2 Å². The molecule has 5 aromatic rings. The average Bonchev–Trinajstić information content (AvgIpc) is 3.65. The van der Waals surface area contributed by atoms with Crippen molar-refractivity contribution < 1.29 is 27.2 Å². The van der Waals surface area contributed by atoms with Crippen LogP contribution in [0.3, 0.4) is 0 Å². The number of halogens is 1. The van der Waals surface area contributed by atoms with Crippen LogP contribution in [-0.2, 0) is 19.6 Å². The summed E-state index contributed by atoms with van der Waals surface area (Å²) in [5.74, 6) is 2.35. The summed E-state index contributed by atoms with van der Waals surface area (Å²) in [6, 6.07) is 17.8. The molecule has 3 heterocycles. The summed E-state index contributed by atoms with van der Waals surface area (Å²) in [7, 11) is -2.13. The maximum Gasteiger partial charge on any atom is 0.240 e. The molecule has 0 unspecified atom stereocenters. The maximum atomic E-state index is 13.2. The molecule has 13 nitrogen and oxygen atoms in total. The lowest BCUT2D eigenvalue weighted by Gasteiger charge is -2.14. The molecule has 0 aliphatic carbocycles. The summed E-state index contributed by atoms with van der Waals surface area (Å²) >= 11 is 6.20.